The normalized spacial score (nSPS) is 14.3. The van der Waals surface area contributed by atoms with Gasteiger partial charge in [0.2, 0.25) is 6.79 Å². The number of aryl methyl sites for hydroxylation is 1. The number of piperidine rings is 1. The molecule has 2 aliphatic rings. The summed E-state index contributed by atoms with van der Waals surface area (Å²) in [5.41, 5.74) is 0.0295. The molecule has 1 saturated heterocycles. The Balaban J connectivity index is 0.000000357. The van der Waals surface area contributed by atoms with E-state index in [1.54, 1.807) is 4.57 Å². The van der Waals surface area contributed by atoms with Gasteiger partial charge in [-0.15, -0.1) is 33.9 Å². The first-order valence-electron chi connectivity index (χ1n) is 13.4. The number of aromatic amines is 2. The Morgan fingerprint density at radius 3 is 2.53 bits per heavy atom. The first-order chi connectivity index (χ1) is 20.4. The van der Waals surface area contributed by atoms with Crippen LogP contribution >= 0.6 is 23.7 Å². The summed E-state index contributed by atoms with van der Waals surface area (Å²) in [7, 11) is 0. The van der Waals surface area contributed by atoms with Gasteiger partial charge in [0.1, 0.15) is 4.70 Å². The molecule has 17 heteroatoms. The molecule has 226 valence electrons. The van der Waals surface area contributed by atoms with Crippen LogP contribution in [0.3, 0.4) is 0 Å². The Labute approximate surface area is 252 Å². The lowest BCUT2D eigenvalue weighted by Gasteiger charge is -2.24. The van der Waals surface area contributed by atoms with Gasteiger partial charge >= 0.3 is 11.4 Å². The van der Waals surface area contributed by atoms with Crippen molar-refractivity contribution in [2.75, 3.05) is 19.9 Å². The molecule has 0 bridgehead atoms. The highest BCUT2D eigenvalue weighted by atomic mass is 35.5. The summed E-state index contributed by atoms with van der Waals surface area (Å²) in [6.45, 7) is 4.37. The van der Waals surface area contributed by atoms with E-state index in [0.717, 1.165) is 36.4 Å². The molecule has 0 radical (unpaired) electrons. The number of tetrazole rings is 1. The maximum absolute atomic E-state index is 13.7. The first-order valence-corrected chi connectivity index (χ1v) is 14.2. The number of halogens is 1. The van der Waals surface area contributed by atoms with Crippen molar-refractivity contribution in [1.29, 1.82) is 0 Å². The Morgan fingerprint density at radius 1 is 1.05 bits per heavy atom. The van der Waals surface area contributed by atoms with Crippen molar-refractivity contribution in [1.82, 2.24) is 44.6 Å². The zero-order valence-corrected chi connectivity index (χ0v) is 24.6. The molecular weight excluding hydrogens is 602 g/mol. The molecule has 2 aliphatic heterocycles. The molecule has 0 amide bonds. The number of aromatic nitrogens is 8. The molecule has 7 rings (SSSR count). The summed E-state index contributed by atoms with van der Waals surface area (Å²) in [5, 5.41) is 15.8. The fourth-order valence-electron chi connectivity index (χ4n) is 4.89. The largest absolute Gasteiger partial charge is 0.454 e. The molecule has 15 nitrogen and oxygen atoms in total. The summed E-state index contributed by atoms with van der Waals surface area (Å²) in [5.74, 6) is 1.79. The van der Waals surface area contributed by atoms with E-state index >= 15 is 0 Å². The van der Waals surface area contributed by atoms with Crippen molar-refractivity contribution < 1.29 is 9.47 Å². The van der Waals surface area contributed by atoms with Crippen molar-refractivity contribution >= 4 is 34.0 Å². The molecule has 0 atom stereocenters. The van der Waals surface area contributed by atoms with Crippen molar-refractivity contribution in [3.8, 4) is 21.9 Å². The van der Waals surface area contributed by atoms with Gasteiger partial charge in [-0.25, -0.2) is 9.59 Å². The maximum Gasteiger partial charge on any atom is 0.332 e. The van der Waals surface area contributed by atoms with Gasteiger partial charge in [-0.05, 0) is 67.9 Å². The maximum atomic E-state index is 13.7. The lowest BCUT2D eigenvalue weighted by Crippen LogP contribution is -2.45. The zero-order valence-electron chi connectivity index (χ0n) is 22.9. The molecule has 3 N–H and O–H groups in total. The third-order valence-electron chi connectivity index (χ3n) is 6.95. The van der Waals surface area contributed by atoms with Crippen LogP contribution in [0.25, 0.3) is 20.7 Å². The highest BCUT2D eigenvalue weighted by Crippen LogP contribution is 2.39. The quantitative estimate of drug-likeness (QED) is 0.254. The third kappa shape index (κ3) is 6.16. The van der Waals surface area contributed by atoms with E-state index in [9.17, 15) is 19.2 Å². The van der Waals surface area contributed by atoms with E-state index in [2.05, 4.69) is 25.7 Å². The minimum atomic E-state index is -0.475. The smallest absolute Gasteiger partial charge is 0.332 e. The van der Waals surface area contributed by atoms with Gasteiger partial charge in [-0.3, -0.25) is 23.7 Å². The van der Waals surface area contributed by atoms with Gasteiger partial charge in [-0.2, -0.15) is 4.80 Å². The van der Waals surface area contributed by atoms with Crippen LogP contribution in [0.2, 0.25) is 0 Å². The van der Waals surface area contributed by atoms with Crippen molar-refractivity contribution in [3.63, 3.8) is 0 Å². The molecule has 43 heavy (non-hydrogen) atoms. The van der Waals surface area contributed by atoms with Crippen LogP contribution in [0.4, 0.5) is 0 Å². The molecule has 0 saturated carbocycles. The van der Waals surface area contributed by atoms with Crippen LogP contribution in [-0.4, -0.2) is 59.2 Å². The summed E-state index contributed by atoms with van der Waals surface area (Å²) in [6.07, 6.45) is 2.75. The third-order valence-corrected chi connectivity index (χ3v) is 8.11. The van der Waals surface area contributed by atoms with Crippen molar-refractivity contribution in [2.45, 2.75) is 38.9 Å². The average molecular weight is 630 g/mol. The Bertz CT molecular complexity index is 1960. The van der Waals surface area contributed by atoms with Gasteiger partial charge in [0.25, 0.3) is 11.1 Å². The molecule has 0 spiro atoms. The van der Waals surface area contributed by atoms with Gasteiger partial charge in [0, 0.05) is 23.2 Å². The molecule has 1 aromatic carbocycles. The van der Waals surface area contributed by atoms with Gasteiger partial charge < -0.3 is 19.8 Å². The van der Waals surface area contributed by atoms with E-state index in [1.165, 1.54) is 33.0 Å². The summed E-state index contributed by atoms with van der Waals surface area (Å²) < 4.78 is 14.5. The van der Waals surface area contributed by atoms with Crippen LogP contribution in [-0.2, 0) is 13.1 Å². The number of hydrogen-bond acceptors (Lipinski definition) is 11. The first kappa shape index (κ1) is 29.9. The number of nitrogens with zero attached hydrogens (tertiary/aromatic N) is 6. The fourth-order valence-corrected chi connectivity index (χ4v) is 5.99. The number of nitrogens with one attached hydrogen (secondary N) is 3. The predicted molar refractivity (Wildman–Crippen MR) is 161 cm³/mol. The van der Waals surface area contributed by atoms with E-state index in [1.807, 2.05) is 36.2 Å². The van der Waals surface area contributed by atoms with Crippen molar-refractivity contribution in [2.24, 2.45) is 0 Å². The summed E-state index contributed by atoms with van der Waals surface area (Å²) in [6, 6.07) is 8.66. The number of H-pyrrole nitrogens is 2. The van der Waals surface area contributed by atoms with Crippen LogP contribution < -0.4 is 37.3 Å². The SMILES string of the molecule is CCn1nnc(Cn2c(=O)n(C3CCNCC3)c(=O)c3sc(-c4ccc5c(c4)OCO5)cc32)n1.Cl.O=c1cc[nH]c(=O)[nH]1. The summed E-state index contributed by atoms with van der Waals surface area (Å²) in [4.78, 5) is 54.3. The van der Waals surface area contributed by atoms with Gasteiger partial charge in [0.05, 0.1) is 18.6 Å². The van der Waals surface area contributed by atoms with E-state index in [-0.39, 0.29) is 48.6 Å². The Morgan fingerprint density at radius 2 is 1.84 bits per heavy atom. The van der Waals surface area contributed by atoms with Crippen LogP contribution in [0.5, 0.6) is 11.5 Å². The Kier molecular flexibility index (Phi) is 8.89. The monoisotopic (exact) mass is 629 g/mol. The predicted octanol–water partition coefficient (Wildman–Crippen LogP) is 1.08. The van der Waals surface area contributed by atoms with E-state index < -0.39 is 5.69 Å². The Hall–Kier alpha value is -4.54. The highest BCUT2D eigenvalue weighted by molar-refractivity contribution is 7.22. The number of fused-ring (bicyclic) bond motifs is 2. The minimum Gasteiger partial charge on any atom is -0.454 e. The highest BCUT2D eigenvalue weighted by Gasteiger charge is 2.25. The number of rotatable bonds is 5. The second-order valence-corrected chi connectivity index (χ2v) is 10.7. The number of hydrogen-bond donors (Lipinski definition) is 3. The topological polar surface area (TPSA) is 184 Å². The number of ether oxygens (including phenoxy) is 2. The summed E-state index contributed by atoms with van der Waals surface area (Å²) >= 11 is 1.38. The van der Waals surface area contributed by atoms with Crippen LogP contribution in [0.15, 0.2) is 55.7 Å². The fraction of sp³-hybridized carbons (Fsp3) is 0.346. The molecule has 0 unspecified atom stereocenters. The van der Waals surface area contributed by atoms with Gasteiger partial charge in [0.15, 0.2) is 17.3 Å². The van der Waals surface area contributed by atoms with Crippen molar-refractivity contribution in [3.05, 3.63) is 84.0 Å². The number of thiophene rings is 1. The zero-order chi connectivity index (χ0) is 29.2. The second kappa shape index (κ2) is 12.8. The lowest BCUT2D eigenvalue weighted by atomic mass is 10.1. The lowest BCUT2D eigenvalue weighted by molar-refractivity contribution is 0.174. The second-order valence-electron chi connectivity index (χ2n) is 9.61. The molecule has 6 heterocycles. The number of benzene rings is 1. The van der Waals surface area contributed by atoms with Crippen LogP contribution in [0.1, 0.15) is 31.6 Å². The van der Waals surface area contributed by atoms with Crippen LogP contribution in [0, 0.1) is 0 Å². The molecular formula is C26H28ClN9O6S. The molecule has 0 aliphatic carbocycles. The van der Waals surface area contributed by atoms with E-state index in [4.69, 9.17) is 9.47 Å². The van der Waals surface area contributed by atoms with E-state index in [0.29, 0.717) is 34.1 Å². The minimum absolute atomic E-state index is 0. The van der Waals surface area contributed by atoms with Gasteiger partial charge in [-0.1, -0.05) is 0 Å². The standard InChI is InChI=1S/C22H23N7O4S.C4H4N2O2.ClH/c1-2-28-25-19(24-26-28)11-27-15-10-18(13-3-4-16-17(9-13)33-12-32-16)34-20(15)21(30)29(22(27)31)14-5-7-23-8-6-14;7-3-1-2-5-4(8)6-3;/h3-4,9-10,14,23H,2,5-8,11-12H2,1H3;1-2H,(H2,5,6,7,8);1H. The molecule has 5 aromatic rings. The average Bonchev–Trinajstić information content (AvgIpc) is 3.75. The molecule has 4 aromatic heterocycles. The molecule has 1 fully saturated rings.